The summed E-state index contributed by atoms with van der Waals surface area (Å²) in [5.41, 5.74) is 4.76. The van der Waals surface area contributed by atoms with Gasteiger partial charge in [-0.25, -0.2) is 0 Å². The van der Waals surface area contributed by atoms with Crippen molar-refractivity contribution in [1.82, 2.24) is 10.6 Å². The second-order valence-corrected chi connectivity index (χ2v) is 10.3. The Morgan fingerprint density at radius 1 is 0.457 bits per heavy atom. The Morgan fingerprint density at radius 2 is 0.891 bits per heavy atom. The van der Waals surface area contributed by atoms with Crippen molar-refractivity contribution >= 4 is 34.6 Å². The molecule has 5 aromatic carbocycles. The van der Waals surface area contributed by atoms with Crippen molar-refractivity contribution in [2.45, 2.75) is 13.2 Å². The Morgan fingerprint density at radius 3 is 1.35 bits per heavy atom. The molecule has 5 aromatic rings. The fourth-order valence-electron chi connectivity index (χ4n) is 4.66. The van der Waals surface area contributed by atoms with Crippen molar-refractivity contribution in [2.75, 3.05) is 13.1 Å². The van der Waals surface area contributed by atoms with E-state index >= 15 is 0 Å². The molecular weight excluding hydrogens is 580 g/mol. The monoisotopic (exact) mass is 610 g/mol. The molecule has 0 unspecified atom stereocenters. The molecule has 10 nitrogen and oxygen atoms in total. The zero-order chi connectivity index (χ0) is 31.6. The molecule has 1 heterocycles. The summed E-state index contributed by atoms with van der Waals surface area (Å²) in [7, 11) is 0. The maximum atomic E-state index is 13.4. The van der Waals surface area contributed by atoms with E-state index in [4.69, 9.17) is 9.47 Å². The molecule has 0 saturated heterocycles. The van der Waals surface area contributed by atoms with Gasteiger partial charge in [0.15, 0.2) is 0 Å². The van der Waals surface area contributed by atoms with Crippen LogP contribution < -0.4 is 20.1 Å². The normalized spacial score (nSPS) is 13.9. The Hall–Kier alpha value is -6.16. The number of carbonyl (C=O) groups excluding carboxylic acids is 2. The van der Waals surface area contributed by atoms with Crippen LogP contribution in [-0.2, 0) is 13.2 Å². The molecule has 0 fully saturated rings. The van der Waals surface area contributed by atoms with Crippen LogP contribution >= 0.6 is 0 Å². The molecule has 2 N–H and O–H groups in total. The minimum absolute atomic E-state index is 0.171. The largest absolute Gasteiger partial charge is 0.488 e. The highest BCUT2D eigenvalue weighted by atomic mass is 16.5. The van der Waals surface area contributed by atoms with Crippen LogP contribution in [0, 0.1) is 0 Å². The summed E-state index contributed by atoms with van der Waals surface area (Å²) < 4.78 is 12.2. The lowest BCUT2D eigenvalue weighted by molar-refractivity contribution is 0.0923. The van der Waals surface area contributed by atoms with Gasteiger partial charge in [0, 0.05) is 13.1 Å². The number of ether oxygens (including phenoxy) is 2. The van der Waals surface area contributed by atoms with Gasteiger partial charge in [0.1, 0.15) is 24.7 Å². The number of nitrogens with one attached hydrogen (secondary N) is 2. The SMILES string of the molecule is O=C1NCCNC(=O)c2cc(N=Nc3ccccc3)ccc2OCc2cccc(c2)COc2ccc(N=Nc3ccccc3)cc21. The van der Waals surface area contributed by atoms with Crippen LogP contribution in [0.15, 0.2) is 142 Å². The lowest BCUT2D eigenvalue weighted by Crippen LogP contribution is -2.35. The van der Waals surface area contributed by atoms with Crippen molar-refractivity contribution in [1.29, 1.82) is 0 Å². The standard InChI is InChI=1S/C36H30N6O4/c43-35-31-21-29(41-39-27-10-3-1-4-11-27)14-16-33(31)45-23-25-8-7-9-26(20-25)24-46-34-17-15-30(42-40-28-12-5-2-6-13-28)22-32(34)36(44)38-19-18-37-35/h1-17,20-22H,18-19,23-24H2,(H,37,43)(H,38,44). The Bertz CT molecular complexity index is 1760. The quantitative estimate of drug-likeness (QED) is 0.199. The van der Waals surface area contributed by atoms with Gasteiger partial charge in [-0.3, -0.25) is 9.59 Å². The lowest BCUT2D eigenvalue weighted by Gasteiger charge is -2.13. The fraction of sp³-hybridized carbons (Fsp3) is 0.111. The van der Waals surface area contributed by atoms with Gasteiger partial charge < -0.3 is 20.1 Å². The summed E-state index contributed by atoms with van der Waals surface area (Å²) in [6.07, 6.45) is 0. The predicted octanol–water partition coefficient (Wildman–Crippen LogP) is 8.15. The second kappa shape index (κ2) is 14.5. The minimum atomic E-state index is -0.369. The number of amides is 2. The van der Waals surface area contributed by atoms with E-state index in [2.05, 4.69) is 31.1 Å². The zero-order valence-electron chi connectivity index (χ0n) is 24.8. The molecule has 1 aliphatic rings. The summed E-state index contributed by atoms with van der Waals surface area (Å²) in [6, 6.07) is 36.6. The predicted molar refractivity (Wildman–Crippen MR) is 174 cm³/mol. The van der Waals surface area contributed by atoms with Crippen LogP contribution in [0.2, 0.25) is 0 Å². The molecular formula is C36H30N6O4. The maximum absolute atomic E-state index is 13.4. The Kier molecular flexibility index (Phi) is 9.45. The first kappa shape index (κ1) is 29.9. The van der Waals surface area contributed by atoms with Gasteiger partial charge >= 0.3 is 0 Å². The van der Waals surface area contributed by atoms with E-state index in [0.717, 1.165) is 11.1 Å². The molecule has 10 heteroatoms. The molecule has 228 valence electrons. The third-order valence-corrected chi connectivity index (χ3v) is 6.97. The minimum Gasteiger partial charge on any atom is -0.488 e. The van der Waals surface area contributed by atoms with E-state index in [1.807, 2.05) is 84.9 Å². The first-order valence-electron chi connectivity index (χ1n) is 14.7. The summed E-state index contributed by atoms with van der Waals surface area (Å²) in [5, 5.41) is 22.9. The number of hydrogen-bond acceptors (Lipinski definition) is 8. The molecule has 6 rings (SSSR count). The van der Waals surface area contributed by atoms with Crippen LogP contribution in [0.25, 0.3) is 0 Å². The molecule has 1 aliphatic heterocycles. The number of benzene rings is 5. The van der Waals surface area contributed by atoms with E-state index < -0.39 is 0 Å². The van der Waals surface area contributed by atoms with Gasteiger partial charge in [0.2, 0.25) is 0 Å². The molecule has 0 aliphatic carbocycles. The number of rotatable bonds is 4. The highest BCUT2D eigenvalue weighted by Gasteiger charge is 2.17. The maximum Gasteiger partial charge on any atom is 0.255 e. The number of fused-ring (bicyclic) bond motifs is 4. The van der Waals surface area contributed by atoms with Gasteiger partial charge in [-0.15, -0.1) is 0 Å². The van der Waals surface area contributed by atoms with Gasteiger partial charge in [-0.2, -0.15) is 20.5 Å². The van der Waals surface area contributed by atoms with E-state index in [1.54, 1.807) is 36.4 Å². The smallest absolute Gasteiger partial charge is 0.255 e. The van der Waals surface area contributed by atoms with E-state index in [1.165, 1.54) is 0 Å². The molecule has 2 bridgehead atoms. The third kappa shape index (κ3) is 7.86. The van der Waals surface area contributed by atoms with Crippen LogP contribution in [0.4, 0.5) is 22.7 Å². The first-order valence-corrected chi connectivity index (χ1v) is 14.7. The molecule has 0 spiro atoms. The highest BCUT2D eigenvalue weighted by Crippen LogP contribution is 2.29. The Balaban J connectivity index is 1.25. The summed E-state index contributed by atoms with van der Waals surface area (Å²) in [5.74, 6) is 0.0596. The van der Waals surface area contributed by atoms with Crippen LogP contribution in [0.1, 0.15) is 31.8 Å². The van der Waals surface area contributed by atoms with Crippen molar-refractivity contribution in [2.24, 2.45) is 20.5 Å². The topological polar surface area (TPSA) is 126 Å². The molecule has 0 atom stereocenters. The lowest BCUT2D eigenvalue weighted by atomic mass is 10.1. The zero-order valence-corrected chi connectivity index (χ0v) is 24.8. The Labute approximate surface area is 265 Å². The average Bonchev–Trinajstić information content (AvgIpc) is 3.10. The van der Waals surface area contributed by atoms with Crippen LogP contribution in [-0.4, -0.2) is 24.9 Å². The average molecular weight is 611 g/mol. The number of hydrogen-bond donors (Lipinski definition) is 2. The highest BCUT2D eigenvalue weighted by molar-refractivity contribution is 5.99. The van der Waals surface area contributed by atoms with Gasteiger partial charge in [0.25, 0.3) is 11.8 Å². The first-order chi connectivity index (χ1) is 22.6. The third-order valence-electron chi connectivity index (χ3n) is 6.97. The van der Waals surface area contributed by atoms with E-state index in [9.17, 15) is 9.59 Å². The second-order valence-electron chi connectivity index (χ2n) is 10.3. The van der Waals surface area contributed by atoms with Gasteiger partial charge in [-0.1, -0.05) is 54.6 Å². The number of azo groups is 2. The molecule has 0 aromatic heterocycles. The van der Waals surface area contributed by atoms with Crippen molar-refractivity contribution < 1.29 is 19.1 Å². The van der Waals surface area contributed by atoms with E-state index in [-0.39, 0.29) is 38.1 Å². The summed E-state index contributed by atoms with van der Waals surface area (Å²) in [4.78, 5) is 26.7. The molecule has 0 radical (unpaired) electrons. The van der Waals surface area contributed by atoms with Crippen LogP contribution in [0.3, 0.4) is 0 Å². The number of carbonyl (C=O) groups is 2. The number of nitrogens with zero attached hydrogens (tertiary/aromatic N) is 4. The van der Waals surface area contributed by atoms with Gasteiger partial charge in [-0.05, 0) is 77.9 Å². The van der Waals surface area contributed by atoms with Gasteiger partial charge in [0.05, 0.1) is 33.9 Å². The molecule has 2 amide bonds. The summed E-state index contributed by atoms with van der Waals surface area (Å²) >= 11 is 0. The van der Waals surface area contributed by atoms with Crippen molar-refractivity contribution in [3.05, 3.63) is 144 Å². The molecule has 46 heavy (non-hydrogen) atoms. The summed E-state index contributed by atoms with van der Waals surface area (Å²) in [6.45, 7) is 0.797. The fourth-order valence-corrected chi connectivity index (χ4v) is 4.66. The van der Waals surface area contributed by atoms with Crippen molar-refractivity contribution in [3.63, 3.8) is 0 Å². The van der Waals surface area contributed by atoms with E-state index in [0.29, 0.717) is 45.4 Å². The van der Waals surface area contributed by atoms with Crippen LogP contribution in [0.5, 0.6) is 11.5 Å². The molecule has 0 saturated carbocycles. The van der Waals surface area contributed by atoms with Crippen molar-refractivity contribution in [3.8, 4) is 11.5 Å².